The standard InChI is InChI=1S/C18H16N2O3/c19-11-12-23-17(21)13-16(14-7-3-1-4-8-14)20-18(22)15-9-5-2-6-10-15/h1-10,16H,12-13H2,(H,20,22)/t16-/m0/s1. The molecule has 0 saturated carbocycles. The molecule has 0 unspecified atom stereocenters. The Labute approximate surface area is 134 Å². The average molecular weight is 308 g/mol. The molecule has 2 aromatic carbocycles. The summed E-state index contributed by atoms with van der Waals surface area (Å²) in [5.41, 5.74) is 1.31. The predicted octanol–water partition coefficient (Wildman–Crippen LogP) is 2.61. The van der Waals surface area contributed by atoms with Gasteiger partial charge in [-0.2, -0.15) is 5.26 Å². The Balaban J connectivity index is 2.12. The highest BCUT2D eigenvalue weighted by Crippen LogP contribution is 2.18. The largest absolute Gasteiger partial charge is 0.450 e. The summed E-state index contributed by atoms with van der Waals surface area (Å²) in [4.78, 5) is 24.1. The van der Waals surface area contributed by atoms with Gasteiger partial charge in [-0.1, -0.05) is 48.5 Å². The number of amides is 1. The quantitative estimate of drug-likeness (QED) is 0.832. The molecule has 1 atom stereocenters. The van der Waals surface area contributed by atoms with Crippen molar-refractivity contribution in [1.82, 2.24) is 5.32 Å². The molecule has 0 heterocycles. The second-order valence-electron chi connectivity index (χ2n) is 4.83. The van der Waals surface area contributed by atoms with Gasteiger partial charge in [0.05, 0.1) is 12.5 Å². The highest BCUT2D eigenvalue weighted by atomic mass is 16.5. The lowest BCUT2D eigenvalue weighted by molar-refractivity contribution is -0.142. The smallest absolute Gasteiger partial charge is 0.309 e. The molecule has 1 N–H and O–H groups in total. The van der Waals surface area contributed by atoms with Crippen LogP contribution in [0.1, 0.15) is 28.4 Å². The minimum atomic E-state index is -0.534. The number of nitrogens with one attached hydrogen (secondary N) is 1. The van der Waals surface area contributed by atoms with Gasteiger partial charge in [-0.05, 0) is 17.7 Å². The summed E-state index contributed by atoms with van der Waals surface area (Å²) in [6, 6.07) is 19.2. The maximum absolute atomic E-state index is 12.3. The molecule has 0 aliphatic rings. The van der Waals surface area contributed by atoms with Crippen LogP contribution in [0.15, 0.2) is 60.7 Å². The van der Waals surface area contributed by atoms with Crippen LogP contribution in [0, 0.1) is 11.3 Å². The molecule has 0 bridgehead atoms. The van der Waals surface area contributed by atoms with Crippen LogP contribution in [0.25, 0.3) is 0 Å². The van der Waals surface area contributed by atoms with Crippen molar-refractivity contribution in [3.8, 4) is 6.07 Å². The molecule has 0 aromatic heterocycles. The van der Waals surface area contributed by atoms with Gasteiger partial charge in [-0.3, -0.25) is 9.59 Å². The number of nitriles is 1. The number of benzene rings is 2. The Morgan fingerprint density at radius 3 is 2.26 bits per heavy atom. The monoisotopic (exact) mass is 308 g/mol. The zero-order valence-corrected chi connectivity index (χ0v) is 12.4. The van der Waals surface area contributed by atoms with E-state index in [4.69, 9.17) is 10.00 Å². The van der Waals surface area contributed by atoms with E-state index in [1.165, 1.54) is 0 Å². The molecule has 0 spiro atoms. The predicted molar refractivity (Wildman–Crippen MR) is 84.3 cm³/mol. The fraction of sp³-hybridized carbons (Fsp3) is 0.167. The summed E-state index contributed by atoms with van der Waals surface area (Å²) in [7, 11) is 0. The molecule has 0 saturated heterocycles. The Morgan fingerprint density at radius 2 is 1.65 bits per heavy atom. The number of carbonyl (C=O) groups excluding carboxylic acids is 2. The summed E-state index contributed by atoms with van der Waals surface area (Å²) in [6.45, 7) is -0.299. The fourth-order valence-corrected chi connectivity index (χ4v) is 2.11. The molecule has 2 rings (SSSR count). The lowest BCUT2D eigenvalue weighted by Gasteiger charge is -2.18. The average Bonchev–Trinajstić information content (AvgIpc) is 2.61. The number of rotatable bonds is 6. The number of hydrogen-bond donors (Lipinski definition) is 1. The van der Waals surface area contributed by atoms with Crippen LogP contribution in [0.5, 0.6) is 0 Å². The molecule has 5 nitrogen and oxygen atoms in total. The van der Waals surface area contributed by atoms with E-state index in [0.717, 1.165) is 5.56 Å². The molecule has 1 amide bonds. The van der Waals surface area contributed by atoms with E-state index in [-0.39, 0.29) is 18.9 Å². The van der Waals surface area contributed by atoms with E-state index < -0.39 is 12.0 Å². The summed E-state index contributed by atoms with van der Waals surface area (Å²) in [5.74, 6) is -0.804. The Morgan fingerprint density at radius 1 is 1.04 bits per heavy atom. The van der Waals surface area contributed by atoms with Gasteiger partial charge in [0.15, 0.2) is 6.61 Å². The van der Waals surface area contributed by atoms with Crippen LogP contribution in [0.4, 0.5) is 0 Å². The summed E-state index contributed by atoms with van der Waals surface area (Å²) < 4.78 is 4.78. The van der Waals surface area contributed by atoms with Gasteiger partial charge < -0.3 is 10.1 Å². The van der Waals surface area contributed by atoms with Crippen LogP contribution in [-0.2, 0) is 9.53 Å². The van der Waals surface area contributed by atoms with Crippen LogP contribution < -0.4 is 5.32 Å². The van der Waals surface area contributed by atoms with Crippen molar-refractivity contribution < 1.29 is 14.3 Å². The Bertz CT molecular complexity index is 693. The minimum absolute atomic E-state index is 0.0374. The highest BCUT2D eigenvalue weighted by Gasteiger charge is 2.19. The molecule has 0 fully saturated rings. The van der Waals surface area contributed by atoms with Gasteiger partial charge in [0, 0.05) is 5.56 Å². The van der Waals surface area contributed by atoms with Crippen molar-refractivity contribution in [1.29, 1.82) is 5.26 Å². The van der Waals surface area contributed by atoms with E-state index in [1.54, 1.807) is 30.3 Å². The molecule has 23 heavy (non-hydrogen) atoms. The zero-order valence-electron chi connectivity index (χ0n) is 12.4. The van der Waals surface area contributed by atoms with Gasteiger partial charge in [-0.25, -0.2) is 0 Å². The van der Waals surface area contributed by atoms with Crippen LogP contribution >= 0.6 is 0 Å². The van der Waals surface area contributed by atoms with Gasteiger partial charge in [0.2, 0.25) is 0 Å². The van der Waals surface area contributed by atoms with E-state index in [9.17, 15) is 9.59 Å². The number of ether oxygens (including phenoxy) is 1. The number of nitrogens with zero attached hydrogens (tertiary/aromatic N) is 1. The first-order valence-electron chi connectivity index (χ1n) is 7.14. The third-order valence-corrected chi connectivity index (χ3v) is 3.21. The van der Waals surface area contributed by atoms with Crippen molar-refractivity contribution in [3.05, 3.63) is 71.8 Å². The molecule has 5 heteroatoms. The van der Waals surface area contributed by atoms with Gasteiger partial charge in [-0.15, -0.1) is 0 Å². The van der Waals surface area contributed by atoms with E-state index in [1.807, 2.05) is 36.4 Å². The number of carbonyl (C=O) groups is 2. The molecular weight excluding hydrogens is 292 g/mol. The maximum Gasteiger partial charge on any atom is 0.309 e. The second kappa shape index (κ2) is 8.35. The van der Waals surface area contributed by atoms with Crippen molar-refractivity contribution >= 4 is 11.9 Å². The van der Waals surface area contributed by atoms with Gasteiger partial charge in [0.1, 0.15) is 6.07 Å². The van der Waals surface area contributed by atoms with Crippen molar-refractivity contribution in [2.45, 2.75) is 12.5 Å². The van der Waals surface area contributed by atoms with Crippen LogP contribution in [-0.4, -0.2) is 18.5 Å². The first-order chi connectivity index (χ1) is 11.2. The summed E-state index contributed by atoms with van der Waals surface area (Å²) in [6.07, 6.45) is -0.0374. The minimum Gasteiger partial charge on any atom is -0.450 e. The lowest BCUT2D eigenvalue weighted by Crippen LogP contribution is -2.30. The van der Waals surface area contributed by atoms with Crippen LogP contribution in [0.2, 0.25) is 0 Å². The fourth-order valence-electron chi connectivity index (χ4n) is 2.11. The first-order valence-corrected chi connectivity index (χ1v) is 7.14. The third-order valence-electron chi connectivity index (χ3n) is 3.21. The second-order valence-corrected chi connectivity index (χ2v) is 4.83. The first kappa shape index (κ1) is 16.2. The van der Waals surface area contributed by atoms with Gasteiger partial charge in [0.25, 0.3) is 5.91 Å². The highest BCUT2D eigenvalue weighted by molar-refractivity contribution is 5.94. The maximum atomic E-state index is 12.3. The summed E-state index contributed by atoms with van der Waals surface area (Å²) in [5, 5.41) is 11.3. The molecule has 0 aliphatic heterocycles. The van der Waals surface area contributed by atoms with Crippen molar-refractivity contribution in [3.63, 3.8) is 0 Å². The molecule has 116 valence electrons. The number of esters is 1. The summed E-state index contributed by atoms with van der Waals surface area (Å²) >= 11 is 0. The van der Waals surface area contributed by atoms with E-state index >= 15 is 0 Å². The van der Waals surface area contributed by atoms with Crippen LogP contribution in [0.3, 0.4) is 0 Å². The SMILES string of the molecule is N#CCOC(=O)C[C@H](NC(=O)c1ccccc1)c1ccccc1. The van der Waals surface area contributed by atoms with Gasteiger partial charge >= 0.3 is 5.97 Å². The molecule has 2 aromatic rings. The lowest BCUT2D eigenvalue weighted by atomic mass is 10.0. The molecule has 0 radical (unpaired) electrons. The topological polar surface area (TPSA) is 79.2 Å². The normalized spacial score (nSPS) is 11.1. The Hall–Kier alpha value is -3.13. The number of hydrogen-bond acceptors (Lipinski definition) is 4. The van der Waals surface area contributed by atoms with Crippen molar-refractivity contribution in [2.75, 3.05) is 6.61 Å². The molecular formula is C18H16N2O3. The van der Waals surface area contributed by atoms with E-state index in [2.05, 4.69) is 5.32 Å². The molecule has 0 aliphatic carbocycles. The Kier molecular flexibility index (Phi) is 5.89. The van der Waals surface area contributed by atoms with E-state index in [0.29, 0.717) is 5.56 Å². The zero-order chi connectivity index (χ0) is 16.5. The third kappa shape index (κ3) is 4.97. The van der Waals surface area contributed by atoms with Crippen molar-refractivity contribution in [2.24, 2.45) is 0 Å².